The second-order valence-corrected chi connectivity index (χ2v) is 3.96. The van der Waals surface area contributed by atoms with E-state index in [-0.39, 0.29) is 18.6 Å². The summed E-state index contributed by atoms with van der Waals surface area (Å²) in [5.41, 5.74) is -1.18. The molecule has 0 saturated heterocycles. The first-order chi connectivity index (χ1) is 8.49. The molecule has 2 N–H and O–H groups in total. The predicted molar refractivity (Wildman–Crippen MR) is 62.0 cm³/mol. The molecular weight excluding hydrogens is 238 g/mol. The van der Waals surface area contributed by atoms with E-state index in [1.54, 1.807) is 0 Å². The molecule has 0 aromatic carbocycles. The lowest BCUT2D eigenvalue weighted by Crippen LogP contribution is -2.52. The maximum absolute atomic E-state index is 11.8. The fourth-order valence-corrected chi connectivity index (χ4v) is 1.27. The lowest BCUT2D eigenvalue weighted by molar-refractivity contribution is -0.144. The maximum Gasteiger partial charge on any atom is 0.329 e. The van der Waals surface area contributed by atoms with Crippen LogP contribution in [0.5, 0.6) is 0 Å². The molecule has 0 aliphatic carbocycles. The van der Waals surface area contributed by atoms with E-state index >= 15 is 0 Å². The fraction of sp³-hybridized carbons (Fsp3) is 0.455. The van der Waals surface area contributed by atoms with Crippen LogP contribution in [0, 0.1) is 0 Å². The highest BCUT2D eigenvalue weighted by Crippen LogP contribution is 2.11. The SMILES string of the molecule is COCCC(C)(NC(=O)c1cncnc1)C(=O)O. The number of hydrogen-bond acceptors (Lipinski definition) is 5. The van der Waals surface area contributed by atoms with Crippen LogP contribution in [0.1, 0.15) is 23.7 Å². The molecule has 1 unspecified atom stereocenters. The number of ether oxygens (including phenoxy) is 1. The van der Waals surface area contributed by atoms with Crippen LogP contribution < -0.4 is 5.32 Å². The molecule has 18 heavy (non-hydrogen) atoms. The van der Waals surface area contributed by atoms with Crippen molar-refractivity contribution in [3.63, 3.8) is 0 Å². The number of carbonyl (C=O) groups excluding carboxylic acids is 1. The fourth-order valence-electron chi connectivity index (χ4n) is 1.27. The Balaban J connectivity index is 2.78. The van der Waals surface area contributed by atoms with Gasteiger partial charge in [0.1, 0.15) is 11.9 Å². The van der Waals surface area contributed by atoms with Crippen LogP contribution in [0.3, 0.4) is 0 Å². The molecule has 1 heterocycles. The Morgan fingerprint density at radius 2 is 2.06 bits per heavy atom. The molecule has 7 heteroatoms. The number of amides is 1. The van der Waals surface area contributed by atoms with Crippen molar-refractivity contribution in [1.82, 2.24) is 15.3 Å². The van der Waals surface area contributed by atoms with Crippen molar-refractivity contribution < 1.29 is 19.4 Å². The van der Waals surface area contributed by atoms with Crippen LogP contribution in [0.15, 0.2) is 18.7 Å². The average molecular weight is 253 g/mol. The van der Waals surface area contributed by atoms with Gasteiger partial charge in [-0.25, -0.2) is 14.8 Å². The summed E-state index contributed by atoms with van der Waals surface area (Å²) in [6.07, 6.45) is 4.10. The summed E-state index contributed by atoms with van der Waals surface area (Å²) in [7, 11) is 1.47. The molecule has 98 valence electrons. The van der Waals surface area contributed by atoms with Gasteiger partial charge < -0.3 is 15.2 Å². The smallest absolute Gasteiger partial charge is 0.329 e. The van der Waals surface area contributed by atoms with Crippen molar-refractivity contribution in [3.05, 3.63) is 24.3 Å². The zero-order chi connectivity index (χ0) is 13.6. The number of aromatic nitrogens is 2. The number of methoxy groups -OCH3 is 1. The van der Waals surface area contributed by atoms with Crippen LogP contribution in [0.2, 0.25) is 0 Å². The predicted octanol–water partition coefficient (Wildman–Crippen LogP) is 0.0862. The number of carboxylic acid groups (broad SMARTS) is 1. The quantitative estimate of drug-likeness (QED) is 0.744. The van der Waals surface area contributed by atoms with E-state index in [0.717, 1.165) is 0 Å². The van der Waals surface area contributed by atoms with E-state index in [9.17, 15) is 9.59 Å². The number of hydrogen-bond donors (Lipinski definition) is 2. The number of nitrogens with zero attached hydrogens (tertiary/aromatic N) is 2. The Bertz CT molecular complexity index is 424. The summed E-state index contributed by atoms with van der Waals surface area (Å²) in [5.74, 6) is -1.65. The van der Waals surface area contributed by atoms with Gasteiger partial charge in [-0.05, 0) is 6.92 Å². The van der Waals surface area contributed by atoms with Crippen molar-refractivity contribution in [1.29, 1.82) is 0 Å². The highest BCUT2D eigenvalue weighted by atomic mass is 16.5. The van der Waals surface area contributed by atoms with Crippen molar-refractivity contribution in [2.24, 2.45) is 0 Å². The minimum atomic E-state index is -1.39. The molecule has 7 nitrogen and oxygen atoms in total. The maximum atomic E-state index is 11.8. The number of rotatable bonds is 6. The highest BCUT2D eigenvalue weighted by molar-refractivity contribution is 5.97. The molecule has 0 aliphatic heterocycles. The summed E-state index contributed by atoms with van der Waals surface area (Å²) < 4.78 is 4.84. The zero-order valence-corrected chi connectivity index (χ0v) is 10.2. The van der Waals surface area contributed by atoms with Gasteiger partial charge in [-0.1, -0.05) is 0 Å². The van der Waals surface area contributed by atoms with E-state index in [4.69, 9.17) is 9.84 Å². The average Bonchev–Trinajstić information content (AvgIpc) is 2.37. The molecule has 0 aliphatic rings. The Kier molecular flexibility index (Phi) is 4.73. The summed E-state index contributed by atoms with van der Waals surface area (Å²) in [5, 5.41) is 11.6. The molecule has 1 atom stereocenters. The third kappa shape index (κ3) is 3.49. The molecular formula is C11H15N3O4. The van der Waals surface area contributed by atoms with Gasteiger partial charge in [-0.2, -0.15) is 0 Å². The highest BCUT2D eigenvalue weighted by Gasteiger charge is 2.34. The number of aliphatic carboxylic acids is 1. The first kappa shape index (κ1) is 14.0. The molecule has 0 saturated carbocycles. The van der Waals surface area contributed by atoms with Crippen molar-refractivity contribution in [2.75, 3.05) is 13.7 Å². The Labute approximate surface area is 104 Å². The molecule has 0 fully saturated rings. The summed E-state index contributed by atoms with van der Waals surface area (Å²) in [6.45, 7) is 1.66. The second-order valence-electron chi connectivity index (χ2n) is 3.96. The zero-order valence-electron chi connectivity index (χ0n) is 10.2. The lowest BCUT2D eigenvalue weighted by atomic mass is 9.98. The molecule has 0 radical (unpaired) electrons. The van der Waals surface area contributed by atoms with Gasteiger partial charge in [0.05, 0.1) is 5.56 Å². The van der Waals surface area contributed by atoms with Crippen LogP contribution in [-0.4, -0.2) is 46.2 Å². The van der Waals surface area contributed by atoms with Crippen molar-refractivity contribution in [3.8, 4) is 0 Å². The van der Waals surface area contributed by atoms with Crippen LogP contribution in [-0.2, 0) is 9.53 Å². The van der Waals surface area contributed by atoms with Gasteiger partial charge in [0.15, 0.2) is 0 Å². The minimum absolute atomic E-state index is 0.165. The topological polar surface area (TPSA) is 101 Å². The first-order valence-electron chi connectivity index (χ1n) is 5.29. The summed E-state index contributed by atoms with van der Waals surface area (Å²) >= 11 is 0. The van der Waals surface area contributed by atoms with E-state index in [2.05, 4.69) is 15.3 Å². The lowest BCUT2D eigenvalue weighted by Gasteiger charge is -2.25. The van der Waals surface area contributed by atoms with Crippen molar-refractivity contribution in [2.45, 2.75) is 18.9 Å². The third-order valence-electron chi connectivity index (χ3n) is 2.49. The largest absolute Gasteiger partial charge is 0.480 e. The standard InChI is InChI=1S/C11H15N3O4/c1-11(10(16)17,3-4-18-2)14-9(15)8-5-12-7-13-6-8/h5-7H,3-4H2,1-2H3,(H,14,15)(H,16,17). The molecule has 0 spiro atoms. The minimum Gasteiger partial charge on any atom is -0.480 e. The van der Waals surface area contributed by atoms with E-state index < -0.39 is 17.4 Å². The number of nitrogens with one attached hydrogen (secondary N) is 1. The van der Waals surface area contributed by atoms with Crippen LogP contribution >= 0.6 is 0 Å². The van der Waals surface area contributed by atoms with Gasteiger partial charge in [0.2, 0.25) is 0 Å². The van der Waals surface area contributed by atoms with Crippen molar-refractivity contribution >= 4 is 11.9 Å². The van der Waals surface area contributed by atoms with Gasteiger partial charge in [-0.15, -0.1) is 0 Å². The molecule has 1 aromatic heterocycles. The summed E-state index contributed by atoms with van der Waals surface area (Å²) in [6, 6.07) is 0. The van der Waals surface area contributed by atoms with Crippen LogP contribution in [0.25, 0.3) is 0 Å². The molecule has 1 rings (SSSR count). The Morgan fingerprint density at radius 1 is 1.44 bits per heavy atom. The number of carbonyl (C=O) groups is 2. The van der Waals surface area contributed by atoms with E-state index in [1.807, 2.05) is 0 Å². The second kappa shape index (κ2) is 6.06. The third-order valence-corrected chi connectivity index (χ3v) is 2.49. The van der Waals surface area contributed by atoms with Gasteiger partial charge >= 0.3 is 5.97 Å². The number of carboxylic acids is 1. The van der Waals surface area contributed by atoms with Gasteiger partial charge in [0, 0.05) is 32.5 Å². The molecule has 1 amide bonds. The molecule has 0 bridgehead atoms. The van der Waals surface area contributed by atoms with Crippen LogP contribution in [0.4, 0.5) is 0 Å². The van der Waals surface area contributed by atoms with Gasteiger partial charge in [0.25, 0.3) is 5.91 Å². The first-order valence-corrected chi connectivity index (χ1v) is 5.29. The summed E-state index contributed by atoms with van der Waals surface area (Å²) in [4.78, 5) is 30.4. The van der Waals surface area contributed by atoms with Gasteiger partial charge in [-0.3, -0.25) is 4.79 Å². The molecule has 1 aromatic rings. The Morgan fingerprint density at radius 3 is 2.56 bits per heavy atom. The monoisotopic (exact) mass is 253 g/mol. The van der Waals surface area contributed by atoms with E-state index in [0.29, 0.717) is 0 Å². The normalized spacial score (nSPS) is 13.7. The van der Waals surface area contributed by atoms with E-state index in [1.165, 1.54) is 32.8 Å². The Hall–Kier alpha value is -2.02.